The summed E-state index contributed by atoms with van der Waals surface area (Å²) in [7, 11) is 0.885. The van der Waals surface area contributed by atoms with E-state index in [1.165, 1.54) is 29.7 Å². The SMILES string of the molecule is COc1ccc([C@@H]2c3cc(OC)c(OC)cc3CC(=O)N2c2ccc(S(=O)(=O)Nc3nccs3)cc2)cc1. The molecular formula is C27H25N3O6S2. The number of benzene rings is 3. The highest BCUT2D eigenvalue weighted by Gasteiger charge is 2.36. The van der Waals surface area contributed by atoms with E-state index in [0.29, 0.717) is 22.9 Å². The number of anilines is 2. The molecule has 0 aliphatic carbocycles. The van der Waals surface area contributed by atoms with E-state index in [1.54, 1.807) is 43.7 Å². The molecule has 1 N–H and O–H groups in total. The topological polar surface area (TPSA) is 107 Å². The van der Waals surface area contributed by atoms with Crippen LogP contribution < -0.4 is 23.8 Å². The van der Waals surface area contributed by atoms with Crippen molar-refractivity contribution in [2.45, 2.75) is 17.4 Å². The second-order valence-corrected chi connectivity index (χ2v) is 11.0. The standard InChI is InChI=1S/C27H25N3O6S2/c1-34-20-8-4-17(5-9-20)26-22-16-24(36-3)23(35-2)14-18(22)15-25(31)30(26)19-6-10-21(11-7-19)38(32,33)29-27-28-12-13-37-27/h4-14,16,26H,15H2,1-3H3,(H,28,29)/t26-/m1/s1. The van der Waals surface area contributed by atoms with Gasteiger partial charge in [-0.05, 0) is 65.2 Å². The lowest BCUT2D eigenvalue weighted by atomic mass is 9.86. The molecule has 1 aliphatic heterocycles. The van der Waals surface area contributed by atoms with Crippen LogP contribution in [0.5, 0.6) is 17.2 Å². The van der Waals surface area contributed by atoms with Gasteiger partial charge in [0.1, 0.15) is 5.75 Å². The van der Waals surface area contributed by atoms with Crippen LogP contribution in [0.25, 0.3) is 0 Å². The third-order valence-electron chi connectivity index (χ3n) is 6.32. The van der Waals surface area contributed by atoms with E-state index in [1.807, 2.05) is 36.4 Å². The minimum Gasteiger partial charge on any atom is -0.497 e. The van der Waals surface area contributed by atoms with Gasteiger partial charge in [-0.3, -0.25) is 9.52 Å². The number of hydrogen-bond acceptors (Lipinski definition) is 8. The highest BCUT2D eigenvalue weighted by Crippen LogP contribution is 2.43. The molecule has 0 saturated heterocycles. The summed E-state index contributed by atoms with van der Waals surface area (Å²) < 4.78 is 44.5. The molecule has 0 saturated carbocycles. The molecular weight excluding hydrogens is 526 g/mol. The van der Waals surface area contributed by atoms with Gasteiger partial charge in [-0.15, -0.1) is 11.3 Å². The number of fused-ring (bicyclic) bond motifs is 1. The predicted molar refractivity (Wildman–Crippen MR) is 145 cm³/mol. The van der Waals surface area contributed by atoms with Gasteiger partial charge in [-0.25, -0.2) is 13.4 Å². The summed E-state index contributed by atoms with van der Waals surface area (Å²) in [5, 5.41) is 1.96. The van der Waals surface area contributed by atoms with Crippen LogP contribution in [0.1, 0.15) is 22.7 Å². The number of aromatic nitrogens is 1. The van der Waals surface area contributed by atoms with Gasteiger partial charge in [0, 0.05) is 17.3 Å². The number of sulfonamides is 1. The second-order valence-electron chi connectivity index (χ2n) is 8.46. The maximum Gasteiger partial charge on any atom is 0.263 e. The molecule has 1 amide bonds. The van der Waals surface area contributed by atoms with Crippen LogP contribution in [0.15, 0.2) is 77.1 Å². The number of rotatable bonds is 8. The summed E-state index contributed by atoms with van der Waals surface area (Å²) >= 11 is 1.19. The molecule has 196 valence electrons. The quantitative estimate of drug-likeness (QED) is 0.340. The maximum atomic E-state index is 13.6. The lowest BCUT2D eigenvalue weighted by Gasteiger charge is -2.38. The molecule has 0 fully saturated rings. The Morgan fingerprint density at radius 3 is 2.24 bits per heavy atom. The van der Waals surface area contributed by atoms with E-state index < -0.39 is 16.1 Å². The molecule has 0 bridgehead atoms. The molecule has 3 aromatic carbocycles. The van der Waals surface area contributed by atoms with Gasteiger partial charge in [0.15, 0.2) is 16.6 Å². The number of methoxy groups -OCH3 is 3. The number of amides is 1. The summed E-state index contributed by atoms with van der Waals surface area (Å²) in [4.78, 5) is 19.3. The van der Waals surface area contributed by atoms with Crippen molar-refractivity contribution in [3.8, 4) is 17.2 Å². The first-order chi connectivity index (χ1) is 18.3. The molecule has 0 radical (unpaired) electrons. The Labute approximate surface area is 224 Å². The van der Waals surface area contributed by atoms with Crippen LogP contribution in [-0.4, -0.2) is 40.6 Å². The Hall–Kier alpha value is -4.09. The molecule has 1 aromatic heterocycles. The maximum absolute atomic E-state index is 13.6. The van der Waals surface area contributed by atoms with Gasteiger partial charge in [-0.1, -0.05) is 12.1 Å². The van der Waals surface area contributed by atoms with Crippen molar-refractivity contribution in [3.05, 3.63) is 88.9 Å². The first-order valence-corrected chi connectivity index (χ1v) is 13.9. The van der Waals surface area contributed by atoms with Crippen LogP contribution in [0.2, 0.25) is 0 Å². The zero-order chi connectivity index (χ0) is 26.9. The molecule has 1 atom stereocenters. The summed E-state index contributed by atoms with van der Waals surface area (Å²) in [6.45, 7) is 0. The van der Waals surface area contributed by atoms with E-state index in [2.05, 4.69) is 9.71 Å². The van der Waals surface area contributed by atoms with Crippen LogP contribution >= 0.6 is 11.3 Å². The first-order valence-electron chi connectivity index (χ1n) is 11.6. The molecule has 2 heterocycles. The van der Waals surface area contributed by atoms with Gasteiger partial charge >= 0.3 is 0 Å². The zero-order valence-electron chi connectivity index (χ0n) is 20.9. The van der Waals surface area contributed by atoms with Crippen molar-refractivity contribution in [2.24, 2.45) is 0 Å². The zero-order valence-corrected chi connectivity index (χ0v) is 22.5. The number of carbonyl (C=O) groups is 1. The van der Waals surface area contributed by atoms with Crippen LogP contribution in [0.4, 0.5) is 10.8 Å². The fourth-order valence-corrected chi connectivity index (χ4v) is 6.31. The molecule has 4 aromatic rings. The van der Waals surface area contributed by atoms with Crippen molar-refractivity contribution >= 4 is 38.1 Å². The molecule has 5 rings (SSSR count). The van der Waals surface area contributed by atoms with E-state index in [4.69, 9.17) is 14.2 Å². The Morgan fingerprint density at radius 1 is 0.947 bits per heavy atom. The lowest BCUT2D eigenvalue weighted by molar-refractivity contribution is -0.118. The Bertz CT molecular complexity index is 1550. The van der Waals surface area contributed by atoms with Gasteiger partial charge in [0.2, 0.25) is 5.91 Å². The number of thiazole rings is 1. The Morgan fingerprint density at radius 2 is 1.63 bits per heavy atom. The van der Waals surface area contributed by atoms with E-state index in [9.17, 15) is 13.2 Å². The number of ether oxygens (including phenoxy) is 3. The fourth-order valence-electron chi connectivity index (χ4n) is 4.52. The Balaban J connectivity index is 1.58. The monoisotopic (exact) mass is 551 g/mol. The van der Waals surface area contributed by atoms with Gasteiger partial charge < -0.3 is 19.1 Å². The highest BCUT2D eigenvalue weighted by molar-refractivity contribution is 7.93. The first kappa shape index (κ1) is 25.6. The van der Waals surface area contributed by atoms with Crippen molar-refractivity contribution in [1.29, 1.82) is 0 Å². The fraction of sp³-hybridized carbons (Fsp3) is 0.185. The van der Waals surface area contributed by atoms with E-state index in [-0.39, 0.29) is 22.4 Å². The highest BCUT2D eigenvalue weighted by atomic mass is 32.2. The van der Waals surface area contributed by atoms with Crippen molar-refractivity contribution in [2.75, 3.05) is 31.0 Å². The lowest BCUT2D eigenvalue weighted by Crippen LogP contribution is -2.41. The minimum atomic E-state index is -3.83. The number of nitrogens with zero attached hydrogens (tertiary/aromatic N) is 2. The van der Waals surface area contributed by atoms with Gasteiger partial charge in [0.05, 0.1) is 38.7 Å². The van der Waals surface area contributed by atoms with E-state index in [0.717, 1.165) is 16.7 Å². The van der Waals surface area contributed by atoms with Gasteiger partial charge in [0.25, 0.3) is 10.0 Å². The van der Waals surface area contributed by atoms with Gasteiger partial charge in [-0.2, -0.15) is 0 Å². The number of carbonyl (C=O) groups excluding carboxylic acids is 1. The third kappa shape index (κ3) is 4.77. The molecule has 11 heteroatoms. The van der Waals surface area contributed by atoms with Crippen molar-refractivity contribution in [1.82, 2.24) is 4.98 Å². The molecule has 1 aliphatic rings. The smallest absolute Gasteiger partial charge is 0.263 e. The minimum absolute atomic E-state index is 0.0636. The van der Waals surface area contributed by atoms with Crippen LogP contribution in [0.3, 0.4) is 0 Å². The summed E-state index contributed by atoms with van der Waals surface area (Å²) in [6.07, 6.45) is 1.67. The average molecular weight is 552 g/mol. The molecule has 38 heavy (non-hydrogen) atoms. The molecule has 9 nitrogen and oxygen atoms in total. The molecule has 0 spiro atoms. The summed E-state index contributed by atoms with van der Waals surface area (Å²) in [5.74, 6) is 1.65. The average Bonchev–Trinajstić information content (AvgIpc) is 3.44. The number of nitrogens with one attached hydrogen (secondary N) is 1. The van der Waals surface area contributed by atoms with Crippen LogP contribution in [0, 0.1) is 0 Å². The van der Waals surface area contributed by atoms with E-state index >= 15 is 0 Å². The normalized spacial score (nSPS) is 15.1. The largest absolute Gasteiger partial charge is 0.497 e. The van der Waals surface area contributed by atoms with Crippen molar-refractivity contribution in [3.63, 3.8) is 0 Å². The second kappa shape index (κ2) is 10.3. The molecule has 0 unspecified atom stereocenters. The third-order valence-corrected chi connectivity index (χ3v) is 8.49. The number of hydrogen-bond donors (Lipinski definition) is 1. The van der Waals surface area contributed by atoms with Crippen LogP contribution in [-0.2, 0) is 21.2 Å². The predicted octanol–water partition coefficient (Wildman–Crippen LogP) is 4.65. The Kier molecular flexibility index (Phi) is 6.96. The van der Waals surface area contributed by atoms with Crippen molar-refractivity contribution < 1.29 is 27.4 Å². The summed E-state index contributed by atoms with van der Waals surface area (Å²) in [5.41, 5.74) is 3.13. The summed E-state index contributed by atoms with van der Waals surface area (Å²) in [6, 6.07) is 17.0.